The summed E-state index contributed by atoms with van der Waals surface area (Å²) in [6.07, 6.45) is -4.95. The molecule has 260 valence electrons. The van der Waals surface area contributed by atoms with Gasteiger partial charge in [-0.3, -0.25) is 4.98 Å². The Labute approximate surface area is 274 Å². The van der Waals surface area contributed by atoms with Gasteiger partial charge in [-0.1, -0.05) is 32.0 Å². The van der Waals surface area contributed by atoms with Crippen molar-refractivity contribution in [2.75, 3.05) is 39.5 Å². The third kappa shape index (κ3) is 12.6. The minimum Gasteiger partial charge on any atom is -0.535 e. The van der Waals surface area contributed by atoms with Gasteiger partial charge in [0.25, 0.3) is 0 Å². The van der Waals surface area contributed by atoms with Gasteiger partial charge >= 0.3 is 19.1 Å². The summed E-state index contributed by atoms with van der Waals surface area (Å²) in [5, 5.41) is 51.3. The molecule has 2 amide bonds. The minimum atomic E-state index is -1.91. The summed E-state index contributed by atoms with van der Waals surface area (Å²) in [5.41, 5.74) is 7.80. The van der Waals surface area contributed by atoms with Crippen molar-refractivity contribution >= 4 is 19.1 Å². The average Bonchev–Trinajstić information content (AvgIpc) is 3.08. The second kappa shape index (κ2) is 19.5. The van der Waals surface area contributed by atoms with E-state index >= 15 is 0 Å². The number of aliphatic hydroxyl groups excluding tert-OH is 5. The third-order valence-corrected chi connectivity index (χ3v) is 7.43. The van der Waals surface area contributed by atoms with Gasteiger partial charge in [0.1, 0.15) is 42.8 Å². The molecule has 47 heavy (non-hydrogen) atoms. The number of hydrogen-bond donors (Lipinski definition) is 7. The number of pyridine rings is 1. The molecule has 1 aromatic carbocycles. The Morgan fingerprint density at radius 3 is 2.34 bits per heavy atom. The van der Waals surface area contributed by atoms with Gasteiger partial charge in [-0.05, 0) is 42.2 Å². The molecule has 1 aliphatic heterocycles. The maximum absolute atomic E-state index is 13.1. The van der Waals surface area contributed by atoms with Crippen molar-refractivity contribution in [3.8, 4) is 5.75 Å². The number of benzene rings is 1. The predicted octanol–water partition coefficient (Wildman–Crippen LogP) is -0.990. The van der Waals surface area contributed by atoms with E-state index in [0.29, 0.717) is 50.0 Å². The first-order valence-corrected chi connectivity index (χ1v) is 15.6. The summed E-state index contributed by atoms with van der Waals surface area (Å²) in [4.78, 5) is 31.9. The highest BCUT2D eigenvalue weighted by molar-refractivity contribution is 6.47. The van der Waals surface area contributed by atoms with Crippen LogP contribution in [-0.4, -0.2) is 130 Å². The minimum absolute atomic E-state index is 0.00611. The van der Waals surface area contributed by atoms with Crippen molar-refractivity contribution in [3.63, 3.8) is 0 Å². The summed E-state index contributed by atoms with van der Waals surface area (Å²) in [5.74, 6) is -0.549. The smallest absolute Gasteiger partial charge is 0.535 e. The monoisotopic (exact) mass is 662 g/mol. The summed E-state index contributed by atoms with van der Waals surface area (Å²) in [6.45, 7) is 4.07. The maximum Gasteiger partial charge on any atom is 0.543 e. The maximum atomic E-state index is 13.1. The lowest BCUT2D eigenvalue weighted by atomic mass is 9.74. The second-order valence-electron chi connectivity index (χ2n) is 11.8. The van der Waals surface area contributed by atoms with E-state index < -0.39 is 68.7 Å². The molecule has 0 saturated carbocycles. The quantitative estimate of drug-likeness (QED) is 0.0753. The molecule has 2 heterocycles. The van der Waals surface area contributed by atoms with Crippen LogP contribution < -0.4 is 15.7 Å². The fourth-order valence-electron chi connectivity index (χ4n) is 4.76. The van der Waals surface area contributed by atoms with Crippen molar-refractivity contribution in [1.29, 1.82) is 0 Å². The number of carbonyl (C=O) groups is 2. The van der Waals surface area contributed by atoms with Crippen LogP contribution in [0.3, 0.4) is 0 Å². The number of esters is 1. The average molecular weight is 663 g/mol. The zero-order valence-corrected chi connectivity index (χ0v) is 26.8. The molecular formula is C31H47BN4O11. The molecular weight excluding hydrogens is 615 g/mol. The molecule has 15 nitrogen and oxygen atoms in total. The van der Waals surface area contributed by atoms with Crippen molar-refractivity contribution in [2.24, 2.45) is 11.7 Å². The molecule has 0 spiro atoms. The second-order valence-corrected chi connectivity index (χ2v) is 11.8. The van der Waals surface area contributed by atoms with Crippen LogP contribution in [0, 0.1) is 5.92 Å². The molecule has 1 saturated heterocycles. The number of urea groups is 1. The highest BCUT2D eigenvalue weighted by Crippen LogP contribution is 2.18. The molecule has 16 heteroatoms. The SMILES string of the molecule is CC(C)C[C@H](N)B(OCc1ccccn1)Oc1ccc(C[C@H](NC(=O)N2CCOCC2)C(=O)OC[C@@H](O)[C@@H](O)[C@H](O)[C@H](O)CO)cc1. The number of amides is 2. The zero-order valence-electron chi connectivity index (χ0n) is 26.8. The number of carbonyl (C=O) groups excluding carboxylic acids is 2. The van der Waals surface area contributed by atoms with Crippen molar-refractivity contribution in [2.45, 2.75) is 69.7 Å². The summed E-state index contributed by atoms with van der Waals surface area (Å²) < 4.78 is 22.6. The highest BCUT2D eigenvalue weighted by atomic mass is 16.6. The molecule has 0 aliphatic carbocycles. The van der Waals surface area contributed by atoms with E-state index in [1.165, 1.54) is 4.90 Å². The number of hydrogen-bond acceptors (Lipinski definition) is 13. The van der Waals surface area contributed by atoms with Gasteiger partial charge in [-0.2, -0.15) is 0 Å². The molecule has 2 aromatic rings. The first-order chi connectivity index (χ1) is 22.5. The number of ether oxygens (including phenoxy) is 2. The van der Waals surface area contributed by atoms with Crippen molar-refractivity contribution in [1.82, 2.24) is 15.2 Å². The van der Waals surface area contributed by atoms with E-state index in [-0.39, 0.29) is 13.0 Å². The van der Waals surface area contributed by atoms with E-state index in [1.54, 1.807) is 30.5 Å². The molecule has 6 atom stereocenters. The number of nitrogens with one attached hydrogen (secondary N) is 1. The Morgan fingerprint density at radius 2 is 1.72 bits per heavy atom. The lowest BCUT2D eigenvalue weighted by Gasteiger charge is -2.29. The van der Waals surface area contributed by atoms with Gasteiger partial charge in [0.05, 0.1) is 38.1 Å². The Kier molecular flexibility index (Phi) is 15.8. The largest absolute Gasteiger partial charge is 0.543 e. The molecule has 0 bridgehead atoms. The number of nitrogens with zero attached hydrogens (tertiary/aromatic N) is 2. The fraction of sp³-hybridized carbons (Fsp3) is 0.581. The fourth-order valence-corrected chi connectivity index (χ4v) is 4.76. The van der Waals surface area contributed by atoms with Crippen LogP contribution in [0.15, 0.2) is 48.7 Å². The number of rotatable bonds is 18. The van der Waals surface area contributed by atoms with E-state index in [0.717, 1.165) is 5.69 Å². The van der Waals surface area contributed by atoms with Gasteiger partial charge in [0.15, 0.2) is 0 Å². The first kappa shape index (κ1) is 38.1. The molecule has 0 radical (unpaired) electrons. The molecule has 3 rings (SSSR count). The van der Waals surface area contributed by atoms with Crippen molar-refractivity contribution in [3.05, 3.63) is 59.9 Å². The van der Waals surface area contributed by atoms with Crippen LogP contribution in [-0.2, 0) is 32.0 Å². The molecule has 0 unspecified atom stereocenters. The summed E-state index contributed by atoms with van der Waals surface area (Å²) >= 11 is 0. The topological polar surface area (TPSA) is 226 Å². The number of morpholine rings is 1. The Balaban J connectivity index is 1.69. The van der Waals surface area contributed by atoms with Gasteiger partial charge in [-0.15, -0.1) is 0 Å². The van der Waals surface area contributed by atoms with Gasteiger partial charge in [0, 0.05) is 25.7 Å². The normalized spacial score (nSPS) is 17.3. The predicted molar refractivity (Wildman–Crippen MR) is 170 cm³/mol. The lowest BCUT2D eigenvalue weighted by Crippen LogP contribution is -2.53. The van der Waals surface area contributed by atoms with Crippen LogP contribution in [0.2, 0.25) is 0 Å². The third-order valence-electron chi connectivity index (χ3n) is 7.43. The van der Waals surface area contributed by atoms with Crippen LogP contribution >= 0.6 is 0 Å². The van der Waals surface area contributed by atoms with Crippen LogP contribution in [0.4, 0.5) is 4.79 Å². The zero-order chi connectivity index (χ0) is 34.3. The first-order valence-electron chi connectivity index (χ1n) is 15.6. The van der Waals surface area contributed by atoms with Crippen LogP contribution in [0.5, 0.6) is 5.75 Å². The summed E-state index contributed by atoms with van der Waals surface area (Å²) in [6, 6.07) is 10.6. The van der Waals surface area contributed by atoms with E-state index in [4.69, 9.17) is 29.6 Å². The lowest BCUT2D eigenvalue weighted by molar-refractivity contribution is -0.158. The van der Waals surface area contributed by atoms with Crippen LogP contribution in [0.1, 0.15) is 31.5 Å². The highest BCUT2D eigenvalue weighted by Gasteiger charge is 2.33. The Hall–Kier alpha value is -3.35. The van der Waals surface area contributed by atoms with Crippen LogP contribution in [0.25, 0.3) is 0 Å². The van der Waals surface area contributed by atoms with Gasteiger partial charge < -0.3 is 60.3 Å². The number of aliphatic hydroxyl groups is 5. The van der Waals surface area contributed by atoms with E-state index in [2.05, 4.69) is 24.1 Å². The van der Waals surface area contributed by atoms with E-state index in [9.17, 15) is 30.0 Å². The van der Waals surface area contributed by atoms with Crippen molar-refractivity contribution < 1.29 is 53.9 Å². The Morgan fingerprint density at radius 1 is 1.04 bits per heavy atom. The Bertz CT molecular complexity index is 1210. The molecule has 1 aliphatic rings. The standard InChI is InChI=1S/C31H47BN4O11/c1-20(2)15-27(33)32(46-18-22-5-3-4-10-34-22)47-23-8-6-21(7-9-23)16-24(35-31(43)36-11-13-44-14-12-36)30(42)45-19-26(39)29(41)28(40)25(38)17-37/h3-10,20,24-29,37-41H,11-19,33H2,1-2H3,(H,35,43)/t24-,25+,26+,27-,28+,29+/m0/s1. The number of aromatic nitrogens is 1. The molecule has 1 aromatic heterocycles. The van der Waals surface area contributed by atoms with E-state index in [1.807, 2.05) is 18.2 Å². The number of nitrogens with two attached hydrogens (primary N) is 1. The molecule has 8 N–H and O–H groups in total. The molecule has 1 fully saturated rings. The van der Waals surface area contributed by atoms with Gasteiger partial charge in [-0.25, -0.2) is 9.59 Å². The van der Waals surface area contributed by atoms with Gasteiger partial charge in [0.2, 0.25) is 0 Å². The summed E-state index contributed by atoms with van der Waals surface area (Å²) in [7, 11) is -0.764.